The molecule has 4 heteroatoms. The molecule has 3 nitrogen and oxygen atoms in total. The number of hydrogen-bond acceptors (Lipinski definition) is 3. The summed E-state index contributed by atoms with van der Waals surface area (Å²) in [4.78, 5) is 5.31. The van der Waals surface area contributed by atoms with Gasteiger partial charge in [0.05, 0.1) is 5.71 Å². The summed E-state index contributed by atoms with van der Waals surface area (Å²) in [7, 11) is -0.853. The van der Waals surface area contributed by atoms with E-state index in [2.05, 4.69) is 100 Å². The maximum atomic E-state index is 7.22. The van der Waals surface area contributed by atoms with Crippen LogP contribution in [-0.4, -0.2) is 27.7 Å². The van der Waals surface area contributed by atoms with Crippen molar-refractivity contribution in [3.05, 3.63) is 60.7 Å². The number of oxime groups is 1. The lowest BCUT2D eigenvalue weighted by Gasteiger charge is -2.59. The van der Waals surface area contributed by atoms with Gasteiger partial charge < -0.3 is 9.26 Å². The normalized spacial score (nSPS) is 26.4. The fraction of sp³-hybridized carbons (Fsp3) is 0.519. The van der Waals surface area contributed by atoms with Crippen LogP contribution in [0.5, 0.6) is 0 Å². The second-order valence-electron chi connectivity index (χ2n) is 10.9. The van der Waals surface area contributed by atoms with E-state index in [1.54, 1.807) is 7.11 Å². The highest BCUT2D eigenvalue weighted by Crippen LogP contribution is 2.59. The molecule has 2 aromatic rings. The molecule has 0 N–H and O–H groups in total. The van der Waals surface area contributed by atoms with Crippen molar-refractivity contribution in [2.24, 2.45) is 28.3 Å². The molecule has 3 saturated carbocycles. The third-order valence-corrected chi connectivity index (χ3v) is 12.9. The zero-order chi connectivity index (χ0) is 22.3. The molecule has 0 spiro atoms. The molecule has 0 unspecified atom stereocenters. The monoisotopic (exact) mass is 435 g/mol. The molecule has 31 heavy (non-hydrogen) atoms. The molecule has 2 aromatic carbocycles. The summed E-state index contributed by atoms with van der Waals surface area (Å²) >= 11 is 0. The standard InChI is InChI=1S/C27H37NO2Si/c1-26(2,3)31(22-13-9-7-10-14-22,23-15-11-8-12-16-23)30-19-20-17-21-18-24(27(21,4)5)25(20)28-29-6/h7-16,20-21,24H,17-19H2,1-6H3/t20-,21-,24-/m0/s1. The summed E-state index contributed by atoms with van der Waals surface area (Å²) in [5, 5.41) is 7.20. The van der Waals surface area contributed by atoms with Gasteiger partial charge in [-0.3, -0.25) is 0 Å². The van der Waals surface area contributed by atoms with Gasteiger partial charge in [-0.05, 0) is 39.6 Å². The van der Waals surface area contributed by atoms with Crippen molar-refractivity contribution in [3.8, 4) is 0 Å². The van der Waals surface area contributed by atoms with Gasteiger partial charge >= 0.3 is 0 Å². The van der Waals surface area contributed by atoms with Crippen molar-refractivity contribution in [1.29, 1.82) is 0 Å². The minimum atomic E-state index is -2.52. The van der Waals surface area contributed by atoms with Crippen LogP contribution in [0.2, 0.25) is 5.04 Å². The molecule has 166 valence electrons. The first kappa shape index (κ1) is 22.3. The molecule has 0 aliphatic heterocycles. The van der Waals surface area contributed by atoms with E-state index in [1.165, 1.54) is 22.5 Å². The number of fused-ring (bicyclic) bond motifs is 2. The van der Waals surface area contributed by atoms with Gasteiger partial charge in [-0.15, -0.1) is 0 Å². The van der Waals surface area contributed by atoms with Gasteiger partial charge in [0.25, 0.3) is 8.32 Å². The summed E-state index contributed by atoms with van der Waals surface area (Å²) in [6.45, 7) is 12.5. The molecule has 0 heterocycles. The van der Waals surface area contributed by atoms with Crippen molar-refractivity contribution in [2.45, 2.75) is 52.5 Å². The molecule has 0 saturated heterocycles. The van der Waals surface area contributed by atoms with Gasteiger partial charge in [0.15, 0.2) is 0 Å². The molecule has 2 bridgehead atoms. The van der Waals surface area contributed by atoms with E-state index in [0.29, 0.717) is 23.9 Å². The van der Waals surface area contributed by atoms with Crippen LogP contribution < -0.4 is 10.4 Å². The maximum absolute atomic E-state index is 7.22. The lowest BCUT2D eigenvalue weighted by atomic mass is 9.46. The second kappa shape index (κ2) is 8.21. The summed E-state index contributed by atoms with van der Waals surface area (Å²) in [5.41, 5.74) is 1.54. The first-order valence-electron chi connectivity index (χ1n) is 11.6. The molecule has 3 aliphatic carbocycles. The topological polar surface area (TPSA) is 30.8 Å². The second-order valence-corrected chi connectivity index (χ2v) is 15.2. The van der Waals surface area contributed by atoms with Crippen LogP contribution in [0.25, 0.3) is 0 Å². The molecular formula is C27H37NO2Si. The molecule has 3 fully saturated rings. The Morgan fingerprint density at radius 1 is 0.935 bits per heavy atom. The summed E-state index contributed by atoms with van der Waals surface area (Å²) in [6, 6.07) is 21.8. The quantitative estimate of drug-likeness (QED) is 0.458. The van der Waals surface area contributed by atoms with Crippen molar-refractivity contribution in [3.63, 3.8) is 0 Å². The number of benzene rings is 2. The molecule has 0 radical (unpaired) electrons. The van der Waals surface area contributed by atoms with Crippen LogP contribution in [0.15, 0.2) is 65.8 Å². The van der Waals surface area contributed by atoms with Gasteiger partial charge in [-0.1, -0.05) is 100 Å². The Kier molecular flexibility index (Phi) is 5.91. The van der Waals surface area contributed by atoms with Gasteiger partial charge in [-0.2, -0.15) is 0 Å². The smallest absolute Gasteiger partial charge is 0.261 e. The number of hydrogen-bond donors (Lipinski definition) is 0. The zero-order valence-electron chi connectivity index (χ0n) is 19.9. The van der Waals surface area contributed by atoms with Crippen LogP contribution in [-0.2, 0) is 9.26 Å². The highest BCUT2D eigenvalue weighted by atomic mass is 28.4. The van der Waals surface area contributed by atoms with Crippen molar-refractivity contribution < 1.29 is 9.26 Å². The lowest BCUT2D eigenvalue weighted by molar-refractivity contribution is -0.0234. The first-order valence-corrected chi connectivity index (χ1v) is 13.5. The van der Waals surface area contributed by atoms with E-state index in [1.807, 2.05) is 0 Å². The summed E-state index contributed by atoms with van der Waals surface area (Å²) < 4.78 is 7.22. The molecular weight excluding hydrogens is 398 g/mol. The highest BCUT2D eigenvalue weighted by Gasteiger charge is 2.57. The maximum Gasteiger partial charge on any atom is 0.261 e. The Morgan fingerprint density at radius 3 is 1.94 bits per heavy atom. The highest BCUT2D eigenvalue weighted by molar-refractivity contribution is 6.99. The van der Waals surface area contributed by atoms with Gasteiger partial charge in [-0.25, -0.2) is 0 Å². The van der Waals surface area contributed by atoms with Crippen molar-refractivity contribution in [1.82, 2.24) is 0 Å². The van der Waals surface area contributed by atoms with Crippen LogP contribution in [0.3, 0.4) is 0 Å². The van der Waals surface area contributed by atoms with Gasteiger partial charge in [0, 0.05) is 18.4 Å². The van der Waals surface area contributed by atoms with Crippen LogP contribution in [0.1, 0.15) is 47.5 Å². The molecule has 0 aromatic heterocycles. The fourth-order valence-corrected chi connectivity index (χ4v) is 10.7. The number of rotatable bonds is 6. The van der Waals surface area contributed by atoms with Gasteiger partial charge in [0.2, 0.25) is 0 Å². The van der Waals surface area contributed by atoms with Crippen molar-refractivity contribution in [2.75, 3.05) is 13.7 Å². The predicted molar refractivity (Wildman–Crippen MR) is 132 cm³/mol. The fourth-order valence-electron chi connectivity index (χ4n) is 6.05. The Hall–Kier alpha value is -1.91. The largest absolute Gasteiger partial charge is 0.407 e. The molecule has 3 aliphatic rings. The summed E-state index contributed by atoms with van der Waals surface area (Å²) in [5.74, 6) is 1.60. The van der Waals surface area contributed by atoms with E-state index in [0.717, 1.165) is 12.3 Å². The van der Waals surface area contributed by atoms with Crippen LogP contribution >= 0.6 is 0 Å². The SMILES string of the molecule is CON=C1[C@H](CO[Si](c2ccccc2)(c2ccccc2)C(C)(C)C)C[C@H]2C[C@@H]1C2(C)C. The van der Waals surface area contributed by atoms with Crippen LogP contribution in [0.4, 0.5) is 0 Å². The Bertz CT molecular complexity index is 878. The lowest BCUT2D eigenvalue weighted by Crippen LogP contribution is -2.67. The molecule has 3 atom stereocenters. The van der Waals surface area contributed by atoms with E-state index in [-0.39, 0.29) is 5.04 Å². The Morgan fingerprint density at radius 2 is 1.48 bits per heavy atom. The average Bonchev–Trinajstić information content (AvgIpc) is 2.75. The van der Waals surface area contributed by atoms with E-state index in [9.17, 15) is 0 Å². The van der Waals surface area contributed by atoms with Crippen LogP contribution in [0, 0.1) is 23.2 Å². The average molecular weight is 436 g/mol. The predicted octanol–water partition coefficient (Wildman–Crippen LogP) is 5.25. The van der Waals surface area contributed by atoms with Crippen molar-refractivity contribution >= 4 is 24.4 Å². The minimum absolute atomic E-state index is 0.00880. The van der Waals surface area contributed by atoms with E-state index < -0.39 is 8.32 Å². The zero-order valence-corrected chi connectivity index (χ0v) is 20.9. The van der Waals surface area contributed by atoms with E-state index in [4.69, 9.17) is 9.26 Å². The minimum Gasteiger partial charge on any atom is -0.407 e. The molecule has 0 amide bonds. The third-order valence-electron chi connectivity index (χ3n) is 7.93. The first-order chi connectivity index (χ1) is 14.7. The number of nitrogens with zero attached hydrogens (tertiary/aromatic N) is 1. The van der Waals surface area contributed by atoms with E-state index >= 15 is 0 Å². The van der Waals surface area contributed by atoms with Gasteiger partial charge in [0.1, 0.15) is 7.11 Å². The summed E-state index contributed by atoms with van der Waals surface area (Å²) in [6.07, 6.45) is 2.38. The Labute approximate surface area is 189 Å². The Balaban J connectivity index is 1.72. The molecule has 5 rings (SSSR count). The third kappa shape index (κ3) is 3.68.